The highest BCUT2D eigenvalue weighted by Crippen LogP contribution is 2.24. The van der Waals surface area contributed by atoms with Gasteiger partial charge in [-0.05, 0) is 18.4 Å². The van der Waals surface area contributed by atoms with Gasteiger partial charge in [0.2, 0.25) is 0 Å². The van der Waals surface area contributed by atoms with Gasteiger partial charge in [-0.15, -0.1) is 0 Å². The van der Waals surface area contributed by atoms with Gasteiger partial charge in [0.05, 0.1) is 5.69 Å². The summed E-state index contributed by atoms with van der Waals surface area (Å²) in [6, 6.07) is 2.18. The highest BCUT2D eigenvalue weighted by molar-refractivity contribution is 5.18. The van der Waals surface area contributed by atoms with Crippen molar-refractivity contribution in [3.05, 3.63) is 17.5 Å². The molecule has 0 radical (unpaired) electrons. The molecule has 0 saturated heterocycles. The summed E-state index contributed by atoms with van der Waals surface area (Å²) in [5, 5.41) is 13.7. The van der Waals surface area contributed by atoms with E-state index in [0.29, 0.717) is 0 Å². The predicted octanol–water partition coefficient (Wildman–Crippen LogP) is 2.37. The average Bonchev–Trinajstić information content (AvgIpc) is 2.60. The lowest BCUT2D eigenvalue weighted by molar-refractivity contribution is 0.216. The van der Waals surface area contributed by atoms with E-state index >= 15 is 0 Å². The highest BCUT2D eigenvalue weighted by atomic mass is 16.3. The van der Waals surface area contributed by atoms with Gasteiger partial charge in [-0.2, -0.15) is 5.10 Å². The molecule has 0 fully saturated rings. The first-order valence-corrected chi connectivity index (χ1v) is 6.06. The predicted molar refractivity (Wildman–Crippen MR) is 66.6 cm³/mol. The molecule has 16 heavy (non-hydrogen) atoms. The Morgan fingerprint density at radius 1 is 1.44 bits per heavy atom. The SMILES string of the molecule is CCc1cc(C(C)(C)C)n(CC(C)CO)n1. The van der Waals surface area contributed by atoms with E-state index in [2.05, 4.69) is 43.5 Å². The fraction of sp³-hybridized carbons (Fsp3) is 0.769. The van der Waals surface area contributed by atoms with Crippen molar-refractivity contribution in [2.45, 2.75) is 53.0 Å². The van der Waals surface area contributed by atoms with Crippen LogP contribution in [0.5, 0.6) is 0 Å². The fourth-order valence-corrected chi connectivity index (χ4v) is 1.74. The molecular formula is C13H24N2O. The average molecular weight is 224 g/mol. The van der Waals surface area contributed by atoms with Crippen molar-refractivity contribution in [2.75, 3.05) is 6.61 Å². The summed E-state index contributed by atoms with van der Waals surface area (Å²) in [7, 11) is 0. The van der Waals surface area contributed by atoms with Gasteiger partial charge in [0.25, 0.3) is 0 Å². The van der Waals surface area contributed by atoms with Crippen LogP contribution in [0.25, 0.3) is 0 Å². The number of aliphatic hydroxyl groups excluding tert-OH is 1. The number of hydrogen-bond acceptors (Lipinski definition) is 2. The van der Waals surface area contributed by atoms with E-state index in [9.17, 15) is 0 Å². The van der Waals surface area contributed by atoms with Gasteiger partial charge in [0.1, 0.15) is 0 Å². The van der Waals surface area contributed by atoms with E-state index in [4.69, 9.17) is 5.11 Å². The van der Waals surface area contributed by atoms with Crippen LogP contribution in [0.3, 0.4) is 0 Å². The Balaban J connectivity index is 3.01. The van der Waals surface area contributed by atoms with Crippen molar-refractivity contribution in [3.8, 4) is 0 Å². The first-order chi connectivity index (χ1) is 7.38. The Hall–Kier alpha value is -0.830. The van der Waals surface area contributed by atoms with Crippen molar-refractivity contribution < 1.29 is 5.11 Å². The molecule has 0 aliphatic heterocycles. The van der Waals surface area contributed by atoms with E-state index < -0.39 is 0 Å². The number of aromatic nitrogens is 2. The Morgan fingerprint density at radius 3 is 2.50 bits per heavy atom. The third-order valence-corrected chi connectivity index (χ3v) is 2.76. The van der Waals surface area contributed by atoms with Gasteiger partial charge < -0.3 is 5.11 Å². The molecule has 1 atom stereocenters. The van der Waals surface area contributed by atoms with Crippen LogP contribution in [0.15, 0.2) is 6.07 Å². The molecule has 0 amide bonds. The summed E-state index contributed by atoms with van der Waals surface area (Å²) >= 11 is 0. The minimum Gasteiger partial charge on any atom is -0.396 e. The second-order valence-corrected chi connectivity index (χ2v) is 5.59. The van der Waals surface area contributed by atoms with Gasteiger partial charge in [-0.25, -0.2) is 0 Å². The number of nitrogens with zero attached hydrogens (tertiary/aromatic N) is 2. The number of aliphatic hydroxyl groups is 1. The van der Waals surface area contributed by atoms with Crippen molar-refractivity contribution in [3.63, 3.8) is 0 Å². The molecule has 1 unspecified atom stereocenters. The van der Waals surface area contributed by atoms with Crippen LogP contribution >= 0.6 is 0 Å². The second kappa shape index (κ2) is 5.00. The number of hydrogen-bond donors (Lipinski definition) is 1. The Bertz CT molecular complexity index is 336. The van der Waals surface area contributed by atoms with Crippen LogP contribution in [-0.2, 0) is 18.4 Å². The molecule has 3 nitrogen and oxygen atoms in total. The monoisotopic (exact) mass is 224 g/mol. The molecule has 0 aliphatic rings. The summed E-state index contributed by atoms with van der Waals surface area (Å²) in [4.78, 5) is 0. The van der Waals surface area contributed by atoms with Gasteiger partial charge in [0, 0.05) is 24.3 Å². The first kappa shape index (κ1) is 13.2. The van der Waals surface area contributed by atoms with E-state index in [1.54, 1.807) is 0 Å². The molecule has 0 bridgehead atoms. The maximum Gasteiger partial charge on any atom is 0.0625 e. The van der Waals surface area contributed by atoms with Crippen LogP contribution in [0.2, 0.25) is 0 Å². The molecule has 0 aromatic carbocycles. The van der Waals surface area contributed by atoms with Crippen LogP contribution < -0.4 is 0 Å². The number of aryl methyl sites for hydroxylation is 1. The third-order valence-electron chi connectivity index (χ3n) is 2.76. The van der Waals surface area contributed by atoms with Crippen LogP contribution in [0.1, 0.15) is 46.0 Å². The maximum atomic E-state index is 9.11. The molecule has 1 aromatic heterocycles. The third kappa shape index (κ3) is 3.08. The quantitative estimate of drug-likeness (QED) is 0.852. The van der Waals surface area contributed by atoms with E-state index in [1.165, 1.54) is 5.69 Å². The zero-order valence-electron chi connectivity index (χ0n) is 11.1. The smallest absolute Gasteiger partial charge is 0.0625 e. The minimum absolute atomic E-state index is 0.107. The maximum absolute atomic E-state index is 9.11. The summed E-state index contributed by atoms with van der Waals surface area (Å²) < 4.78 is 2.06. The Kier molecular flexibility index (Phi) is 4.14. The lowest BCUT2D eigenvalue weighted by Gasteiger charge is -2.21. The van der Waals surface area contributed by atoms with Gasteiger partial charge in [-0.3, -0.25) is 4.68 Å². The molecule has 0 spiro atoms. The van der Waals surface area contributed by atoms with Gasteiger partial charge in [-0.1, -0.05) is 34.6 Å². The van der Waals surface area contributed by atoms with E-state index in [-0.39, 0.29) is 17.9 Å². The molecule has 1 rings (SSSR count). The second-order valence-electron chi connectivity index (χ2n) is 5.59. The van der Waals surface area contributed by atoms with Crippen molar-refractivity contribution in [1.29, 1.82) is 0 Å². The molecular weight excluding hydrogens is 200 g/mol. The molecule has 0 saturated carbocycles. The summed E-state index contributed by atoms with van der Waals surface area (Å²) in [6.07, 6.45) is 0.962. The molecule has 1 aromatic rings. The van der Waals surface area contributed by atoms with E-state index in [1.807, 2.05) is 6.92 Å². The van der Waals surface area contributed by atoms with Gasteiger partial charge in [0.15, 0.2) is 0 Å². The summed E-state index contributed by atoms with van der Waals surface area (Å²) in [5.41, 5.74) is 2.50. The van der Waals surface area contributed by atoms with E-state index in [0.717, 1.165) is 18.7 Å². The van der Waals surface area contributed by atoms with Gasteiger partial charge >= 0.3 is 0 Å². The molecule has 92 valence electrons. The lowest BCUT2D eigenvalue weighted by atomic mass is 9.91. The summed E-state index contributed by atoms with van der Waals surface area (Å²) in [5.74, 6) is 0.255. The summed E-state index contributed by atoms with van der Waals surface area (Å²) in [6.45, 7) is 11.8. The molecule has 3 heteroatoms. The van der Waals surface area contributed by atoms with Crippen LogP contribution in [0, 0.1) is 5.92 Å². The van der Waals surface area contributed by atoms with Crippen LogP contribution in [-0.4, -0.2) is 21.5 Å². The highest BCUT2D eigenvalue weighted by Gasteiger charge is 2.21. The minimum atomic E-state index is 0.107. The Labute approximate surface area is 98.5 Å². The normalized spacial score (nSPS) is 14.1. The van der Waals surface area contributed by atoms with Crippen molar-refractivity contribution >= 4 is 0 Å². The first-order valence-electron chi connectivity index (χ1n) is 6.06. The van der Waals surface area contributed by atoms with Crippen LogP contribution in [0.4, 0.5) is 0 Å². The molecule has 1 N–H and O–H groups in total. The number of rotatable bonds is 4. The zero-order valence-corrected chi connectivity index (χ0v) is 11.1. The lowest BCUT2D eigenvalue weighted by Crippen LogP contribution is -2.21. The topological polar surface area (TPSA) is 38.0 Å². The largest absolute Gasteiger partial charge is 0.396 e. The fourth-order valence-electron chi connectivity index (χ4n) is 1.74. The van der Waals surface area contributed by atoms with Crippen molar-refractivity contribution in [1.82, 2.24) is 9.78 Å². The molecule has 1 heterocycles. The Morgan fingerprint density at radius 2 is 2.06 bits per heavy atom. The van der Waals surface area contributed by atoms with Crippen molar-refractivity contribution in [2.24, 2.45) is 5.92 Å². The standard InChI is InChI=1S/C13H24N2O/c1-6-11-7-12(13(3,4)5)15(14-11)8-10(2)9-16/h7,10,16H,6,8-9H2,1-5H3. The molecule has 0 aliphatic carbocycles. The zero-order chi connectivity index (χ0) is 12.3.